The molecule has 0 bridgehead atoms. The summed E-state index contributed by atoms with van der Waals surface area (Å²) in [6.45, 7) is 0.443. The highest BCUT2D eigenvalue weighted by molar-refractivity contribution is 7.13. The Labute approximate surface area is 157 Å². The Morgan fingerprint density at radius 1 is 1.41 bits per heavy atom. The van der Waals surface area contributed by atoms with Gasteiger partial charge in [-0.25, -0.2) is 9.78 Å². The van der Waals surface area contributed by atoms with Crippen LogP contribution in [-0.2, 0) is 13.0 Å². The fraction of sp³-hybridized carbons (Fsp3) is 0.158. The molecule has 0 unspecified atom stereocenters. The molecule has 0 atom stereocenters. The summed E-state index contributed by atoms with van der Waals surface area (Å²) in [6.07, 6.45) is -0.527. The summed E-state index contributed by atoms with van der Waals surface area (Å²) >= 11 is 1.45. The van der Waals surface area contributed by atoms with Crippen molar-refractivity contribution < 1.29 is 23.4 Å². The van der Waals surface area contributed by atoms with Crippen LogP contribution in [0.25, 0.3) is 27.9 Å². The average molecular weight is 388 g/mol. The molecule has 27 heavy (non-hydrogen) atoms. The van der Waals surface area contributed by atoms with Gasteiger partial charge in [0.2, 0.25) is 5.82 Å². The quantitative estimate of drug-likeness (QED) is 0.699. The first-order valence-electron chi connectivity index (χ1n) is 8.11. The fourth-order valence-electron chi connectivity index (χ4n) is 3.40. The van der Waals surface area contributed by atoms with Crippen LogP contribution in [0.3, 0.4) is 0 Å². The number of methoxy groups -OCH3 is 1. The van der Waals surface area contributed by atoms with Crippen molar-refractivity contribution in [3.63, 3.8) is 0 Å². The average Bonchev–Trinajstić information content (AvgIpc) is 3.28. The molecule has 0 saturated carbocycles. The predicted molar refractivity (Wildman–Crippen MR) is 98.4 cm³/mol. The minimum Gasteiger partial charge on any atom is -0.496 e. The lowest BCUT2D eigenvalue weighted by Gasteiger charge is -2.22. The summed E-state index contributed by atoms with van der Waals surface area (Å²) in [6, 6.07) is 7.07. The van der Waals surface area contributed by atoms with Crippen LogP contribution < -0.4 is 4.74 Å². The molecule has 0 aliphatic carbocycles. The molecule has 0 radical (unpaired) electrons. The Morgan fingerprint density at radius 3 is 2.85 bits per heavy atom. The molecular formula is C19H14F2N2O3S. The SMILES string of the molecule is COc1cc2c(cc1C=C(F)F)-c1c(-c3cccs3)nc(C(=O)O)n1CC2. The van der Waals surface area contributed by atoms with E-state index in [0.29, 0.717) is 35.7 Å². The molecule has 3 aromatic rings. The van der Waals surface area contributed by atoms with Gasteiger partial charge in [0.05, 0.1) is 17.7 Å². The summed E-state index contributed by atoms with van der Waals surface area (Å²) in [5, 5.41) is 11.4. The highest BCUT2D eigenvalue weighted by atomic mass is 32.1. The summed E-state index contributed by atoms with van der Waals surface area (Å²) in [4.78, 5) is 16.8. The van der Waals surface area contributed by atoms with Crippen LogP contribution in [-0.4, -0.2) is 27.7 Å². The van der Waals surface area contributed by atoms with Crippen molar-refractivity contribution in [2.45, 2.75) is 13.0 Å². The molecule has 138 valence electrons. The number of carbonyl (C=O) groups is 1. The standard InChI is InChI=1S/C19H14F2N2O3S/c1-26-13-8-10-4-5-23-17(12(10)7-11(13)9-15(20)21)16(14-3-2-6-27-14)22-18(23)19(24)25/h2-3,6-9H,4-5H2,1H3,(H,24,25). The Hall–Kier alpha value is -3.00. The van der Waals surface area contributed by atoms with Crippen LogP contribution in [0.2, 0.25) is 0 Å². The molecule has 1 aliphatic rings. The van der Waals surface area contributed by atoms with Gasteiger partial charge in [-0.3, -0.25) is 0 Å². The Bertz CT molecular complexity index is 1070. The number of rotatable bonds is 4. The summed E-state index contributed by atoms with van der Waals surface area (Å²) in [5.41, 5.74) is 3.01. The molecule has 2 aromatic heterocycles. The van der Waals surface area contributed by atoms with Crippen molar-refractivity contribution in [3.05, 3.63) is 52.7 Å². The smallest absolute Gasteiger partial charge is 0.372 e. The lowest BCUT2D eigenvalue weighted by Crippen LogP contribution is -2.16. The van der Waals surface area contributed by atoms with Crippen LogP contribution in [0.5, 0.6) is 5.75 Å². The van der Waals surface area contributed by atoms with E-state index in [4.69, 9.17) is 4.74 Å². The number of aryl methyl sites for hydroxylation is 1. The number of hydrogen-bond acceptors (Lipinski definition) is 4. The van der Waals surface area contributed by atoms with Crippen molar-refractivity contribution in [2.24, 2.45) is 0 Å². The Morgan fingerprint density at radius 2 is 2.22 bits per heavy atom. The molecule has 0 spiro atoms. The molecule has 0 amide bonds. The number of imidazole rings is 1. The molecule has 5 nitrogen and oxygen atoms in total. The van der Waals surface area contributed by atoms with E-state index in [2.05, 4.69) is 4.98 Å². The maximum absolute atomic E-state index is 12.9. The normalized spacial score (nSPS) is 12.3. The van der Waals surface area contributed by atoms with Gasteiger partial charge in [0.1, 0.15) is 11.4 Å². The summed E-state index contributed by atoms with van der Waals surface area (Å²) in [7, 11) is 1.43. The fourth-order valence-corrected chi connectivity index (χ4v) is 4.11. The first kappa shape index (κ1) is 17.4. The minimum absolute atomic E-state index is 0.0522. The molecule has 1 aromatic carbocycles. The van der Waals surface area contributed by atoms with Gasteiger partial charge in [0, 0.05) is 23.7 Å². The zero-order chi connectivity index (χ0) is 19.1. The van der Waals surface area contributed by atoms with Crippen LogP contribution in [0.15, 0.2) is 35.7 Å². The van der Waals surface area contributed by atoms with Gasteiger partial charge < -0.3 is 14.4 Å². The van der Waals surface area contributed by atoms with Crippen LogP contribution in [0.4, 0.5) is 8.78 Å². The second-order valence-electron chi connectivity index (χ2n) is 6.00. The van der Waals surface area contributed by atoms with Gasteiger partial charge in [-0.2, -0.15) is 8.78 Å². The number of nitrogens with zero attached hydrogens (tertiary/aromatic N) is 2. The van der Waals surface area contributed by atoms with E-state index in [9.17, 15) is 18.7 Å². The number of carboxylic acid groups (broad SMARTS) is 1. The van der Waals surface area contributed by atoms with Crippen molar-refractivity contribution >= 4 is 23.4 Å². The number of benzene rings is 1. The first-order valence-corrected chi connectivity index (χ1v) is 8.99. The third-order valence-corrected chi connectivity index (χ3v) is 5.37. The molecule has 8 heteroatoms. The number of aromatic carboxylic acids is 1. The number of ether oxygens (including phenoxy) is 1. The second kappa shape index (κ2) is 6.62. The largest absolute Gasteiger partial charge is 0.496 e. The third kappa shape index (κ3) is 2.91. The Kier molecular flexibility index (Phi) is 4.27. The van der Waals surface area contributed by atoms with E-state index >= 15 is 0 Å². The highest BCUT2D eigenvalue weighted by Crippen LogP contribution is 2.42. The topological polar surface area (TPSA) is 64.3 Å². The summed E-state index contributed by atoms with van der Waals surface area (Å²) in [5.74, 6) is -0.819. The minimum atomic E-state index is -1.83. The zero-order valence-electron chi connectivity index (χ0n) is 14.2. The van der Waals surface area contributed by atoms with Crippen molar-refractivity contribution in [2.75, 3.05) is 7.11 Å². The lowest BCUT2D eigenvalue weighted by atomic mass is 9.94. The van der Waals surface area contributed by atoms with E-state index in [1.54, 1.807) is 16.7 Å². The molecule has 4 rings (SSSR count). The molecule has 3 heterocycles. The third-order valence-electron chi connectivity index (χ3n) is 4.49. The van der Waals surface area contributed by atoms with Gasteiger partial charge in [0.25, 0.3) is 6.08 Å². The van der Waals surface area contributed by atoms with Gasteiger partial charge in [-0.1, -0.05) is 6.07 Å². The first-order chi connectivity index (χ1) is 13.0. The van der Waals surface area contributed by atoms with Gasteiger partial charge in [-0.15, -0.1) is 11.3 Å². The lowest BCUT2D eigenvalue weighted by molar-refractivity contribution is 0.0678. The molecule has 0 fully saturated rings. The molecule has 1 aliphatic heterocycles. The number of carboxylic acids is 1. The van der Waals surface area contributed by atoms with E-state index in [1.807, 2.05) is 17.5 Å². The van der Waals surface area contributed by atoms with Crippen molar-refractivity contribution in [1.82, 2.24) is 9.55 Å². The van der Waals surface area contributed by atoms with Gasteiger partial charge in [-0.05, 0) is 35.6 Å². The monoisotopic (exact) mass is 388 g/mol. The second-order valence-corrected chi connectivity index (χ2v) is 6.95. The summed E-state index contributed by atoms with van der Waals surface area (Å²) < 4.78 is 32.7. The van der Waals surface area contributed by atoms with Crippen LogP contribution >= 0.6 is 11.3 Å². The number of aromatic nitrogens is 2. The van der Waals surface area contributed by atoms with Gasteiger partial charge >= 0.3 is 5.97 Å². The van der Waals surface area contributed by atoms with Crippen LogP contribution in [0, 0.1) is 0 Å². The van der Waals surface area contributed by atoms with Gasteiger partial charge in [0.15, 0.2) is 0 Å². The van der Waals surface area contributed by atoms with E-state index in [-0.39, 0.29) is 11.4 Å². The number of fused-ring (bicyclic) bond motifs is 3. The molecule has 1 N–H and O–H groups in total. The molecule has 0 saturated heterocycles. The van der Waals surface area contributed by atoms with Crippen molar-refractivity contribution in [1.29, 1.82) is 0 Å². The highest BCUT2D eigenvalue weighted by Gasteiger charge is 2.29. The van der Waals surface area contributed by atoms with Crippen LogP contribution in [0.1, 0.15) is 21.7 Å². The zero-order valence-corrected chi connectivity index (χ0v) is 15.0. The Balaban J connectivity index is 2.02. The maximum Gasteiger partial charge on any atom is 0.372 e. The van der Waals surface area contributed by atoms with E-state index < -0.39 is 12.0 Å². The number of halogens is 2. The number of hydrogen-bond donors (Lipinski definition) is 1. The predicted octanol–water partition coefficient (Wildman–Crippen LogP) is 4.78. The van der Waals surface area contributed by atoms with Crippen molar-refractivity contribution in [3.8, 4) is 27.6 Å². The molecular weight excluding hydrogens is 374 g/mol. The number of thiophene rings is 1. The van der Waals surface area contributed by atoms with E-state index in [1.165, 1.54) is 18.4 Å². The maximum atomic E-state index is 12.9. The van der Waals surface area contributed by atoms with E-state index in [0.717, 1.165) is 16.5 Å².